The average Bonchev–Trinajstić information content (AvgIpc) is 3.30. The summed E-state index contributed by atoms with van der Waals surface area (Å²) in [5.41, 5.74) is 2.88. The Hall–Kier alpha value is -1.81. The Balaban J connectivity index is 1.24. The zero-order valence-corrected chi connectivity index (χ0v) is 18.8. The SMILES string of the molecule is Cc1ccccc1NC(=O)Cc1nc(CN2CCN(C3CCS(=O)(=O)C3)CC2)cs1. The quantitative estimate of drug-likeness (QED) is 0.727. The molecule has 9 heteroatoms. The van der Waals surface area contributed by atoms with Crippen LogP contribution < -0.4 is 5.32 Å². The average molecular weight is 449 g/mol. The molecule has 1 amide bonds. The normalized spacial score (nSPS) is 22.2. The fraction of sp³-hybridized carbons (Fsp3) is 0.524. The molecule has 2 fully saturated rings. The van der Waals surface area contributed by atoms with Crippen LogP contribution in [0, 0.1) is 6.92 Å². The molecule has 1 aromatic heterocycles. The first-order valence-electron chi connectivity index (χ1n) is 10.3. The molecule has 1 aromatic carbocycles. The molecule has 2 aromatic rings. The molecule has 3 heterocycles. The van der Waals surface area contributed by atoms with Crippen LogP contribution in [0.25, 0.3) is 0 Å². The van der Waals surface area contributed by atoms with Crippen molar-refractivity contribution in [2.24, 2.45) is 0 Å². The highest BCUT2D eigenvalue weighted by Gasteiger charge is 2.33. The second kappa shape index (κ2) is 9.13. The van der Waals surface area contributed by atoms with E-state index in [4.69, 9.17) is 0 Å². The summed E-state index contributed by atoms with van der Waals surface area (Å²) in [6, 6.07) is 7.93. The van der Waals surface area contributed by atoms with Crippen molar-refractivity contribution in [2.45, 2.75) is 32.4 Å². The number of aryl methyl sites for hydroxylation is 1. The lowest BCUT2D eigenvalue weighted by Crippen LogP contribution is -2.50. The molecule has 0 radical (unpaired) electrons. The minimum Gasteiger partial charge on any atom is -0.325 e. The second-order valence-electron chi connectivity index (χ2n) is 8.14. The van der Waals surface area contributed by atoms with E-state index in [1.807, 2.05) is 36.6 Å². The Morgan fingerprint density at radius 3 is 2.70 bits per heavy atom. The van der Waals surface area contributed by atoms with Gasteiger partial charge < -0.3 is 5.32 Å². The van der Waals surface area contributed by atoms with E-state index in [0.29, 0.717) is 11.5 Å². The van der Waals surface area contributed by atoms with Crippen molar-refractivity contribution in [1.29, 1.82) is 0 Å². The summed E-state index contributed by atoms with van der Waals surface area (Å²) < 4.78 is 23.4. The highest BCUT2D eigenvalue weighted by Crippen LogP contribution is 2.21. The number of hydrogen-bond acceptors (Lipinski definition) is 7. The van der Waals surface area contributed by atoms with Gasteiger partial charge in [0.1, 0.15) is 5.01 Å². The van der Waals surface area contributed by atoms with E-state index in [1.54, 1.807) is 0 Å². The molecule has 2 aliphatic heterocycles. The van der Waals surface area contributed by atoms with Crippen LogP contribution in [0.1, 0.15) is 22.7 Å². The summed E-state index contributed by atoms with van der Waals surface area (Å²) >= 11 is 1.53. The number of carbonyl (C=O) groups excluding carboxylic acids is 1. The topological polar surface area (TPSA) is 82.6 Å². The van der Waals surface area contributed by atoms with Crippen LogP contribution in [0.5, 0.6) is 0 Å². The van der Waals surface area contributed by atoms with Gasteiger partial charge in [0.15, 0.2) is 9.84 Å². The maximum absolute atomic E-state index is 12.3. The van der Waals surface area contributed by atoms with E-state index in [1.165, 1.54) is 11.3 Å². The van der Waals surface area contributed by atoms with Gasteiger partial charge in [0.05, 0.1) is 23.6 Å². The number of amides is 1. The van der Waals surface area contributed by atoms with Gasteiger partial charge in [-0.3, -0.25) is 14.6 Å². The predicted molar refractivity (Wildman–Crippen MR) is 120 cm³/mol. The maximum atomic E-state index is 12.3. The number of thiazole rings is 1. The lowest BCUT2D eigenvalue weighted by molar-refractivity contribution is -0.115. The van der Waals surface area contributed by atoms with E-state index in [-0.39, 0.29) is 18.4 Å². The molecule has 0 spiro atoms. The lowest BCUT2D eigenvalue weighted by Gasteiger charge is -2.37. The van der Waals surface area contributed by atoms with Gasteiger partial charge in [-0.05, 0) is 25.0 Å². The third-order valence-electron chi connectivity index (χ3n) is 5.85. The van der Waals surface area contributed by atoms with Crippen molar-refractivity contribution < 1.29 is 13.2 Å². The van der Waals surface area contributed by atoms with Crippen molar-refractivity contribution in [2.75, 3.05) is 43.0 Å². The number of sulfone groups is 1. The third kappa shape index (κ3) is 5.46. The Labute approximate surface area is 182 Å². The Morgan fingerprint density at radius 2 is 2.00 bits per heavy atom. The zero-order chi connectivity index (χ0) is 21.1. The van der Waals surface area contributed by atoms with Crippen LogP contribution in [0.3, 0.4) is 0 Å². The molecule has 2 saturated heterocycles. The minimum atomic E-state index is -2.83. The summed E-state index contributed by atoms with van der Waals surface area (Å²) in [5.74, 6) is 0.592. The van der Waals surface area contributed by atoms with Gasteiger partial charge in [-0.15, -0.1) is 11.3 Å². The van der Waals surface area contributed by atoms with Crippen molar-refractivity contribution >= 4 is 32.8 Å². The molecule has 0 aliphatic carbocycles. The highest BCUT2D eigenvalue weighted by atomic mass is 32.2. The number of nitrogens with one attached hydrogen (secondary N) is 1. The number of carbonyl (C=O) groups is 1. The van der Waals surface area contributed by atoms with Gasteiger partial charge in [0.25, 0.3) is 0 Å². The number of hydrogen-bond donors (Lipinski definition) is 1. The summed E-state index contributed by atoms with van der Waals surface area (Å²) in [4.78, 5) is 21.7. The molecular weight excluding hydrogens is 420 g/mol. The summed E-state index contributed by atoms with van der Waals surface area (Å²) in [6.07, 6.45) is 1.05. The number of piperazine rings is 1. The molecule has 30 heavy (non-hydrogen) atoms. The van der Waals surface area contributed by atoms with E-state index < -0.39 is 9.84 Å². The monoisotopic (exact) mass is 448 g/mol. The van der Waals surface area contributed by atoms with Crippen LogP contribution in [-0.2, 0) is 27.6 Å². The van der Waals surface area contributed by atoms with Gasteiger partial charge in [0.2, 0.25) is 5.91 Å². The van der Waals surface area contributed by atoms with E-state index in [0.717, 1.165) is 61.1 Å². The smallest absolute Gasteiger partial charge is 0.231 e. The molecule has 1 unspecified atom stereocenters. The van der Waals surface area contributed by atoms with Gasteiger partial charge >= 0.3 is 0 Å². The lowest BCUT2D eigenvalue weighted by atomic mass is 10.2. The van der Waals surface area contributed by atoms with Crippen molar-refractivity contribution in [3.8, 4) is 0 Å². The molecular formula is C21H28N4O3S2. The van der Waals surface area contributed by atoms with E-state index in [2.05, 4.69) is 20.1 Å². The summed E-state index contributed by atoms with van der Waals surface area (Å²) in [7, 11) is -2.83. The van der Waals surface area contributed by atoms with Crippen molar-refractivity contribution in [3.63, 3.8) is 0 Å². The van der Waals surface area contributed by atoms with Crippen LogP contribution in [-0.4, -0.2) is 72.8 Å². The third-order valence-corrected chi connectivity index (χ3v) is 8.50. The fourth-order valence-corrected chi connectivity index (χ4v) is 6.67. The maximum Gasteiger partial charge on any atom is 0.231 e. The Morgan fingerprint density at radius 1 is 1.23 bits per heavy atom. The Kier molecular flexibility index (Phi) is 6.52. The van der Waals surface area contributed by atoms with Gasteiger partial charge in [0, 0.05) is 49.8 Å². The molecule has 7 nitrogen and oxygen atoms in total. The number of anilines is 1. The van der Waals surface area contributed by atoms with Gasteiger partial charge in [-0.1, -0.05) is 18.2 Å². The first kappa shape index (κ1) is 21.4. The van der Waals surface area contributed by atoms with Crippen molar-refractivity contribution in [1.82, 2.24) is 14.8 Å². The molecule has 1 N–H and O–H groups in total. The van der Waals surface area contributed by atoms with E-state index in [9.17, 15) is 13.2 Å². The standard InChI is InChI=1S/C21H28N4O3S2/c1-16-4-2-3-5-19(16)23-20(26)12-21-22-17(14-29-21)13-24-7-9-25(10-8-24)18-6-11-30(27,28)15-18/h2-5,14,18H,6-13,15H2,1H3,(H,23,26). The van der Waals surface area contributed by atoms with Gasteiger partial charge in [-0.25, -0.2) is 13.4 Å². The predicted octanol–water partition coefficient (Wildman–Crippen LogP) is 1.94. The van der Waals surface area contributed by atoms with Crippen molar-refractivity contribution in [3.05, 3.63) is 45.9 Å². The van der Waals surface area contributed by atoms with Crippen LogP contribution in [0.15, 0.2) is 29.6 Å². The Bertz CT molecular complexity index is 997. The first-order chi connectivity index (χ1) is 14.4. The molecule has 2 aliphatic rings. The number of para-hydroxylation sites is 1. The van der Waals surface area contributed by atoms with Crippen LogP contribution >= 0.6 is 11.3 Å². The van der Waals surface area contributed by atoms with Crippen LogP contribution in [0.2, 0.25) is 0 Å². The largest absolute Gasteiger partial charge is 0.325 e. The number of benzene rings is 1. The van der Waals surface area contributed by atoms with E-state index >= 15 is 0 Å². The summed E-state index contributed by atoms with van der Waals surface area (Å²) in [6.45, 7) is 6.37. The molecule has 4 rings (SSSR count). The minimum absolute atomic E-state index is 0.0506. The molecule has 1 atom stereocenters. The molecule has 0 saturated carbocycles. The number of aromatic nitrogens is 1. The second-order valence-corrected chi connectivity index (χ2v) is 11.3. The van der Waals surface area contributed by atoms with Crippen LogP contribution in [0.4, 0.5) is 5.69 Å². The highest BCUT2D eigenvalue weighted by molar-refractivity contribution is 7.91. The molecule has 162 valence electrons. The fourth-order valence-electron chi connectivity index (χ4n) is 4.13. The number of rotatable bonds is 6. The summed E-state index contributed by atoms with van der Waals surface area (Å²) in [5, 5.41) is 5.81. The first-order valence-corrected chi connectivity index (χ1v) is 13.0. The zero-order valence-electron chi connectivity index (χ0n) is 17.2. The number of nitrogens with zero attached hydrogens (tertiary/aromatic N) is 3. The van der Waals surface area contributed by atoms with Gasteiger partial charge in [-0.2, -0.15) is 0 Å². The molecule has 0 bridgehead atoms.